The van der Waals surface area contributed by atoms with Gasteiger partial charge >= 0.3 is 13.1 Å². The fourth-order valence-electron chi connectivity index (χ4n) is 2.97. The van der Waals surface area contributed by atoms with Crippen molar-refractivity contribution >= 4 is 13.1 Å². The lowest BCUT2D eigenvalue weighted by molar-refractivity contribution is -0.149. The molecule has 0 N–H and O–H groups in total. The fraction of sp³-hybridized carbons (Fsp3) is 0.933. The first kappa shape index (κ1) is 15.8. The summed E-state index contributed by atoms with van der Waals surface area (Å²) in [6, 6.07) is 0. The van der Waals surface area contributed by atoms with Gasteiger partial charge in [-0.05, 0) is 53.3 Å². The predicted octanol–water partition coefficient (Wildman–Crippen LogP) is 3.20. The molecule has 1 aliphatic heterocycles. The van der Waals surface area contributed by atoms with Crippen molar-refractivity contribution in [1.29, 1.82) is 0 Å². The van der Waals surface area contributed by atoms with Gasteiger partial charge in [0.1, 0.15) is 0 Å². The van der Waals surface area contributed by atoms with Gasteiger partial charge in [-0.25, -0.2) is 0 Å². The first-order chi connectivity index (χ1) is 9.27. The maximum absolute atomic E-state index is 11.7. The molecule has 0 aromatic heterocycles. The molecule has 1 saturated heterocycles. The summed E-state index contributed by atoms with van der Waals surface area (Å²) in [5.41, 5.74) is -0.536. The Morgan fingerprint density at radius 1 is 1.10 bits per heavy atom. The zero-order valence-corrected chi connectivity index (χ0v) is 13.4. The maximum Gasteiger partial charge on any atom is 0.461 e. The first-order valence-electron chi connectivity index (χ1n) is 7.79. The second kappa shape index (κ2) is 5.68. The average Bonchev–Trinajstić information content (AvgIpc) is 2.59. The van der Waals surface area contributed by atoms with Crippen molar-refractivity contribution in [2.75, 3.05) is 6.61 Å². The Morgan fingerprint density at radius 2 is 1.60 bits per heavy atom. The van der Waals surface area contributed by atoms with Gasteiger partial charge in [0, 0.05) is 0 Å². The predicted molar refractivity (Wildman–Crippen MR) is 78.4 cm³/mol. The molecule has 0 amide bonds. The molecule has 114 valence electrons. The van der Waals surface area contributed by atoms with Crippen LogP contribution in [0.15, 0.2) is 0 Å². The topological polar surface area (TPSA) is 44.8 Å². The van der Waals surface area contributed by atoms with Crippen molar-refractivity contribution in [3.63, 3.8) is 0 Å². The molecule has 0 bridgehead atoms. The summed E-state index contributed by atoms with van der Waals surface area (Å²) in [4.78, 5) is 11.7. The lowest BCUT2D eigenvalue weighted by atomic mass is 9.62. The van der Waals surface area contributed by atoms with Crippen LogP contribution in [-0.4, -0.2) is 30.9 Å². The lowest BCUT2D eigenvalue weighted by Crippen LogP contribution is -2.41. The van der Waals surface area contributed by atoms with E-state index in [4.69, 9.17) is 14.0 Å². The normalized spacial score (nSPS) is 32.1. The molecule has 1 saturated carbocycles. The summed E-state index contributed by atoms with van der Waals surface area (Å²) in [5.74, 6) is 0.412. The molecule has 1 aliphatic carbocycles. The van der Waals surface area contributed by atoms with Gasteiger partial charge in [0.25, 0.3) is 0 Å². The summed E-state index contributed by atoms with van der Waals surface area (Å²) < 4.78 is 17.3. The van der Waals surface area contributed by atoms with Gasteiger partial charge in [0.15, 0.2) is 0 Å². The minimum atomic E-state index is -0.268. The summed E-state index contributed by atoms with van der Waals surface area (Å²) in [5, 5.41) is 0. The third-order valence-electron chi connectivity index (χ3n) is 5.05. The molecule has 0 aromatic rings. The monoisotopic (exact) mass is 282 g/mol. The summed E-state index contributed by atoms with van der Waals surface area (Å²) >= 11 is 0. The third-order valence-corrected chi connectivity index (χ3v) is 5.05. The van der Waals surface area contributed by atoms with E-state index in [0.29, 0.717) is 12.4 Å². The van der Waals surface area contributed by atoms with Crippen LogP contribution in [0.4, 0.5) is 0 Å². The van der Waals surface area contributed by atoms with Crippen molar-refractivity contribution < 1.29 is 18.8 Å². The van der Waals surface area contributed by atoms with Crippen LogP contribution in [0.2, 0.25) is 5.82 Å². The Kier molecular flexibility index (Phi) is 4.50. The van der Waals surface area contributed by atoms with Gasteiger partial charge in [0.2, 0.25) is 0 Å². The quantitative estimate of drug-likeness (QED) is 0.589. The van der Waals surface area contributed by atoms with Crippen LogP contribution in [0, 0.1) is 5.92 Å². The number of rotatable bonds is 3. The molecule has 0 radical (unpaired) electrons. The van der Waals surface area contributed by atoms with E-state index in [1.54, 1.807) is 0 Å². The molecule has 0 unspecified atom stereocenters. The van der Waals surface area contributed by atoms with Crippen molar-refractivity contribution in [2.24, 2.45) is 5.92 Å². The Labute approximate surface area is 122 Å². The lowest BCUT2D eigenvalue weighted by Gasteiger charge is -2.32. The van der Waals surface area contributed by atoms with Crippen molar-refractivity contribution in [3.05, 3.63) is 0 Å². The smallest absolute Gasteiger partial charge is 0.461 e. The van der Waals surface area contributed by atoms with E-state index < -0.39 is 0 Å². The number of esters is 1. The highest BCUT2D eigenvalue weighted by Gasteiger charge is 2.54. The minimum absolute atomic E-state index is 0.0418. The van der Waals surface area contributed by atoms with Crippen LogP contribution < -0.4 is 0 Å². The van der Waals surface area contributed by atoms with Gasteiger partial charge in [-0.1, -0.05) is 12.8 Å². The van der Waals surface area contributed by atoms with Crippen LogP contribution >= 0.6 is 0 Å². The van der Waals surface area contributed by atoms with E-state index in [1.165, 1.54) is 0 Å². The van der Waals surface area contributed by atoms with E-state index in [2.05, 4.69) is 27.7 Å². The standard InChI is InChI=1S/C15H27BO4/c1-6-18-13(17)11-7-9-12(10-8-11)16-19-14(2,3)15(4,5)20-16/h11-12H,6-10H2,1-5H3. The minimum Gasteiger partial charge on any atom is -0.466 e. The second-order valence-corrected chi connectivity index (χ2v) is 6.99. The van der Waals surface area contributed by atoms with E-state index in [-0.39, 0.29) is 30.2 Å². The Morgan fingerprint density at radius 3 is 2.05 bits per heavy atom. The number of hydrogen-bond acceptors (Lipinski definition) is 4. The summed E-state index contributed by atoms with van der Waals surface area (Å²) in [6.07, 6.45) is 3.71. The average molecular weight is 282 g/mol. The first-order valence-corrected chi connectivity index (χ1v) is 7.79. The van der Waals surface area contributed by atoms with Gasteiger partial charge in [-0.2, -0.15) is 0 Å². The molecule has 2 aliphatic rings. The van der Waals surface area contributed by atoms with Gasteiger partial charge in [0.05, 0.1) is 23.7 Å². The van der Waals surface area contributed by atoms with Crippen LogP contribution in [-0.2, 0) is 18.8 Å². The molecule has 0 spiro atoms. The zero-order chi connectivity index (χ0) is 15.0. The largest absolute Gasteiger partial charge is 0.466 e. The molecule has 2 rings (SSSR count). The number of carbonyl (C=O) groups excluding carboxylic acids is 1. The van der Waals surface area contributed by atoms with Gasteiger partial charge in [-0.15, -0.1) is 0 Å². The number of ether oxygens (including phenoxy) is 1. The Balaban J connectivity index is 1.88. The van der Waals surface area contributed by atoms with Crippen LogP contribution in [0.25, 0.3) is 0 Å². The Hall–Kier alpha value is -0.545. The molecule has 4 nitrogen and oxygen atoms in total. The third kappa shape index (κ3) is 3.04. The highest BCUT2D eigenvalue weighted by Crippen LogP contribution is 2.44. The molecular weight excluding hydrogens is 255 g/mol. The van der Waals surface area contributed by atoms with Crippen LogP contribution in [0.1, 0.15) is 60.3 Å². The molecule has 1 heterocycles. The van der Waals surface area contributed by atoms with E-state index in [9.17, 15) is 4.79 Å². The van der Waals surface area contributed by atoms with Crippen molar-refractivity contribution in [2.45, 2.75) is 77.3 Å². The van der Waals surface area contributed by atoms with Crippen LogP contribution in [0.3, 0.4) is 0 Å². The van der Waals surface area contributed by atoms with Crippen molar-refractivity contribution in [1.82, 2.24) is 0 Å². The molecule has 0 aromatic carbocycles. The van der Waals surface area contributed by atoms with E-state index in [1.807, 2.05) is 6.92 Å². The van der Waals surface area contributed by atoms with Crippen molar-refractivity contribution in [3.8, 4) is 0 Å². The SMILES string of the molecule is CCOC(=O)C1CCC(B2OC(C)(C)C(C)(C)O2)CC1. The van der Waals surface area contributed by atoms with E-state index in [0.717, 1.165) is 25.7 Å². The highest BCUT2D eigenvalue weighted by molar-refractivity contribution is 6.47. The zero-order valence-electron chi connectivity index (χ0n) is 13.4. The molecule has 2 fully saturated rings. The van der Waals surface area contributed by atoms with Crippen LogP contribution in [0.5, 0.6) is 0 Å². The molecule has 20 heavy (non-hydrogen) atoms. The summed E-state index contributed by atoms with van der Waals surface area (Å²) in [6.45, 7) is 10.6. The highest BCUT2D eigenvalue weighted by atomic mass is 16.7. The fourth-order valence-corrected chi connectivity index (χ4v) is 2.97. The Bertz CT molecular complexity index is 343. The number of carbonyl (C=O) groups is 1. The summed E-state index contributed by atoms with van der Waals surface area (Å²) in [7, 11) is -0.136. The molecule has 5 heteroatoms. The molecule has 0 atom stereocenters. The maximum atomic E-state index is 11.7. The van der Waals surface area contributed by atoms with E-state index >= 15 is 0 Å². The van der Waals surface area contributed by atoms with Gasteiger partial charge < -0.3 is 14.0 Å². The number of hydrogen-bond donors (Lipinski definition) is 0. The molecular formula is C15H27BO4. The second-order valence-electron chi connectivity index (χ2n) is 6.99. The van der Waals surface area contributed by atoms with Gasteiger partial charge in [-0.3, -0.25) is 4.79 Å².